The van der Waals surface area contributed by atoms with E-state index < -0.39 is 0 Å². The maximum absolute atomic E-state index is 5.30. The van der Waals surface area contributed by atoms with E-state index in [1.807, 2.05) is 7.05 Å². The first-order chi connectivity index (χ1) is 13.2. The third-order valence-corrected chi connectivity index (χ3v) is 5.02. The third kappa shape index (κ3) is 6.46. The fraction of sp³-hybridized carbons (Fsp3) is 0.571. The summed E-state index contributed by atoms with van der Waals surface area (Å²) in [5, 5.41) is 7.49. The molecule has 1 unspecified atom stereocenters. The molecule has 1 aliphatic heterocycles. The van der Waals surface area contributed by atoms with Gasteiger partial charge in [-0.3, -0.25) is 4.99 Å². The lowest BCUT2D eigenvalue weighted by molar-refractivity contribution is 0.368. The van der Waals surface area contributed by atoms with Gasteiger partial charge in [0.1, 0.15) is 0 Å². The fourth-order valence-corrected chi connectivity index (χ4v) is 3.52. The molecule has 0 spiro atoms. The molecule has 1 aromatic carbocycles. The molecule has 0 amide bonds. The van der Waals surface area contributed by atoms with E-state index >= 15 is 0 Å². The molecule has 7 heteroatoms. The molecule has 1 aliphatic rings. The van der Waals surface area contributed by atoms with Crippen molar-refractivity contribution >= 4 is 29.9 Å². The highest BCUT2D eigenvalue weighted by molar-refractivity contribution is 14.0. The maximum Gasteiger partial charge on any atom is 0.226 e. The lowest BCUT2D eigenvalue weighted by Gasteiger charge is -2.21. The monoisotopic (exact) mass is 497 g/mol. The Labute approximate surface area is 185 Å². The van der Waals surface area contributed by atoms with Crippen molar-refractivity contribution in [3.05, 3.63) is 47.6 Å². The van der Waals surface area contributed by atoms with Crippen LogP contribution in [-0.4, -0.2) is 47.7 Å². The second-order valence-electron chi connectivity index (χ2n) is 7.57. The van der Waals surface area contributed by atoms with Gasteiger partial charge in [0, 0.05) is 39.0 Å². The minimum Gasteiger partial charge on any atom is -0.356 e. The van der Waals surface area contributed by atoms with Gasteiger partial charge < -0.3 is 14.7 Å². The van der Waals surface area contributed by atoms with Crippen LogP contribution in [0.25, 0.3) is 0 Å². The highest BCUT2D eigenvalue weighted by atomic mass is 127. The van der Waals surface area contributed by atoms with E-state index in [1.54, 1.807) is 0 Å². The van der Waals surface area contributed by atoms with Crippen molar-refractivity contribution in [3.8, 4) is 0 Å². The van der Waals surface area contributed by atoms with Gasteiger partial charge in [0.05, 0.1) is 0 Å². The van der Waals surface area contributed by atoms with Gasteiger partial charge in [0.25, 0.3) is 0 Å². The molecule has 1 atom stereocenters. The minimum atomic E-state index is 0. The van der Waals surface area contributed by atoms with E-state index in [-0.39, 0.29) is 24.0 Å². The van der Waals surface area contributed by atoms with Gasteiger partial charge in [-0.1, -0.05) is 49.3 Å². The van der Waals surface area contributed by atoms with Crippen molar-refractivity contribution in [1.82, 2.24) is 20.4 Å². The number of nitrogens with one attached hydrogen (secondary N) is 1. The summed E-state index contributed by atoms with van der Waals surface area (Å²) in [5.41, 5.74) is 1.42. The quantitative estimate of drug-likeness (QED) is 0.272. The molecule has 0 saturated carbocycles. The number of aryl methyl sites for hydroxylation is 1. The predicted octanol–water partition coefficient (Wildman–Crippen LogP) is 3.88. The number of aliphatic imine (C=N–C) groups is 1. The largest absolute Gasteiger partial charge is 0.356 e. The highest BCUT2D eigenvalue weighted by Crippen LogP contribution is 2.20. The van der Waals surface area contributed by atoms with Gasteiger partial charge in [0.2, 0.25) is 5.89 Å². The van der Waals surface area contributed by atoms with Crippen LogP contribution in [0.1, 0.15) is 49.9 Å². The third-order valence-electron chi connectivity index (χ3n) is 5.02. The second kappa shape index (κ2) is 11.4. The van der Waals surface area contributed by atoms with E-state index in [1.165, 1.54) is 12.0 Å². The van der Waals surface area contributed by atoms with Crippen molar-refractivity contribution in [2.24, 2.45) is 10.9 Å². The molecule has 154 valence electrons. The fourth-order valence-electron chi connectivity index (χ4n) is 3.52. The number of hydrogen-bond donors (Lipinski definition) is 1. The second-order valence-corrected chi connectivity index (χ2v) is 7.57. The number of likely N-dealkylation sites (tertiary alicyclic amines) is 1. The molecule has 0 bridgehead atoms. The van der Waals surface area contributed by atoms with Gasteiger partial charge >= 0.3 is 0 Å². The number of guanidine groups is 1. The van der Waals surface area contributed by atoms with Crippen LogP contribution in [0.2, 0.25) is 0 Å². The van der Waals surface area contributed by atoms with Crippen LogP contribution in [0.3, 0.4) is 0 Å². The van der Waals surface area contributed by atoms with Crippen LogP contribution in [0.5, 0.6) is 0 Å². The molecule has 1 aromatic heterocycles. The Bertz CT molecular complexity index is 731. The van der Waals surface area contributed by atoms with Gasteiger partial charge in [-0.25, -0.2) is 0 Å². The van der Waals surface area contributed by atoms with Crippen molar-refractivity contribution in [2.45, 2.75) is 45.4 Å². The van der Waals surface area contributed by atoms with Crippen molar-refractivity contribution in [2.75, 3.05) is 26.7 Å². The Balaban J connectivity index is 0.00000280. The summed E-state index contributed by atoms with van der Waals surface area (Å²) in [6.45, 7) is 7.13. The van der Waals surface area contributed by atoms with E-state index in [2.05, 4.69) is 69.5 Å². The van der Waals surface area contributed by atoms with Crippen LogP contribution in [0.4, 0.5) is 0 Å². The Kier molecular flexibility index (Phi) is 9.21. The van der Waals surface area contributed by atoms with E-state index in [9.17, 15) is 0 Å². The first-order valence-corrected chi connectivity index (χ1v) is 9.97. The number of halogens is 1. The van der Waals surface area contributed by atoms with Crippen molar-refractivity contribution in [1.29, 1.82) is 0 Å². The number of hydrogen-bond acceptors (Lipinski definition) is 4. The molecule has 0 radical (unpaired) electrons. The molecule has 1 saturated heterocycles. The first kappa shape index (κ1) is 22.6. The van der Waals surface area contributed by atoms with Crippen LogP contribution in [0, 0.1) is 5.92 Å². The summed E-state index contributed by atoms with van der Waals surface area (Å²) in [5.74, 6) is 3.51. The normalized spacial score (nSPS) is 17.1. The zero-order valence-corrected chi connectivity index (χ0v) is 19.4. The molecular formula is C21H32IN5O. The summed E-state index contributed by atoms with van der Waals surface area (Å²) < 4.78 is 5.30. The number of benzene rings is 1. The predicted molar refractivity (Wildman–Crippen MR) is 123 cm³/mol. The zero-order valence-electron chi connectivity index (χ0n) is 17.1. The van der Waals surface area contributed by atoms with Crippen molar-refractivity contribution in [3.63, 3.8) is 0 Å². The Morgan fingerprint density at radius 2 is 2.11 bits per heavy atom. The average Bonchev–Trinajstić information content (AvgIpc) is 3.32. The molecule has 0 aliphatic carbocycles. The minimum absolute atomic E-state index is 0. The van der Waals surface area contributed by atoms with Crippen LogP contribution < -0.4 is 5.32 Å². The average molecular weight is 497 g/mol. The lowest BCUT2D eigenvalue weighted by Crippen LogP contribution is -2.40. The Hall–Kier alpha value is -1.64. The molecule has 1 N–H and O–H groups in total. The Morgan fingerprint density at radius 3 is 2.79 bits per heavy atom. The maximum atomic E-state index is 5.30. The summed E-state index contributed by atoms with van der Waals surface area (Å²) >= 11 is 0. The van der Waals surface area contributed by atoms with Gasteiger partial charge in [0.15, 0.2) is 11.8 Å². The Morgan fingerprint density at radius 1 is 1.32 bits per heavy atom. The first-order valence-electron chi connectivity index (χ1n) is 9.97. The van der Waals surface area contributed by atoms with Gasteiger partial charge in [-0.2, -0.15) is 4.98 Å². The number of nitrogens with zero attached hydrogens (tertiary/aromatic N) is 4. The molecule has 1 fully saturated rings. The smallest absolute Gasteiger partial charge is 0.226 e. The SMILES string of the molecule is CN=C(NCCCc1nc(C(C)C)no1)N1CCC(Cc2ccccc2)C1.I. The van der Waals surface area contributed by atoms with Gasteiger partial charge in [-0.15, -0.1) is 24.0 Å². The molecule has 6 nitrogen and oxygen atoms in total. The molecule has 2 heterocycles. The summed E-state index contributed by atoms with van der Waals surface area (Å²) in [6.07, 6.45) is 4.10. The summed E-state index contributed by atoms with van der Waals surface area (Å²) in [4.78, 5) is 11.3. The molecule has 2 aromatic rings. The van der Waals surface area contributed by atoms with Gasteiger partial charge in [-0.05, 0) is 30.7 Å². The summed E-state index contributed by atoms with van der Waals surface area (Å²) in [6, 6.07) is 10.8. The van der Waals surface area contributed by atoms with Crippen molar-refractivity contribution < 1.29 is 4.52 Å². The van der Waals surface area contributed by atoms with E-state index in [0.29, 0.717) is 11.8 Å². The molecule has 28 heavy (non-hydrogen) atoms. The zero-order chi connectivity index (χ0) is 19.1. The van der Waals surface area contributed by atoms with E-state index in [4.69, 9.17) is 4.52 Å². The highest BCUT2D eigenvalue weighted by Gasteiger charge is 2.24. The molecular weight excluding hydrogens is 465 g/mol. The van der Waals surface area contributed by atoms with Crippen LogP contribution in [-0.2, 0) is 12.8 Å². The topological polar surface area (TPSA) is 66.5 Å². The van der Waals surface area contributed by atoms with Crippen LogP contribution >= 0.6 is 24.0 Å². The van der Waals surface area contributed by atoms with E-state index in [0.717, 1.165) is 56.6 Å². The van der Waals surface area contributed by atoms with Crippen LogP contribution in [0.15, 0.2) is 39.8 Å². The molecule has 3 rings (SSSR count). The number of rotatable bonds is 7. The lowest BCUT2D eigenvalue weighted by atomic mass is 9.99. The standard InChI is InChI=1S/C21H31N5O.HI/c1-16(2)20-24-19(27-25-20)10-7-12-23-21(22-3)26-13-11-18(15-26)14-17-8-5-4-6-9-17;/h4-6,8-9,16,18H,7,10-15H2,1-3H3,(H,22,23);1H. The summed E-state index contributed by atoms with van der Waals surface area (Å²) in [7, 11) is 1.86. The number of aromatic nitrogens is 2.